The molecule has 16 heteroatoms. The van der Waals surface area contributed by atoms with Crippen LogP contribution in [0.3, 0.4) is 0 Å². The minimum absolute atomic E-state index is 0.0479. The molecule has 1 aromatic carbocycles. The number of aliphatic carboxylic acids is 1. The van der Waals surface area contributed by atoms with Crippen LogP contribution in [0.15, 0.2) is 41.4 Å². The summed E-state index contributed by atoms with van der Waals surface area (Å²) in [6.45, 7) is 3.04. The van der Waals surface area contributed by atoms with E-state index in [1.54, 1.807) is 17.0 Å². The van der Waals surface area contributed by atoms with Crippen molar-refractivity contribution in [1.29, 1.82) is 0 Å². The quantitative estimate of drug-likeness (QED) is 0.335. The van der Waals surface area contributed by atoms with E-state index in [1.807, 2.05) is 6.92 Å². The number of rotatable bonds is 11. The van der Waals surface area contributed by atoms with Crippen LogP contribution in [-0.4, -0.2) is 88.7 Å². The molecule has 240 valence electrons. The topological polar surface area (TPSA) is 162 Å². The molecule has 0 saturated carbocycles. The molecule has 12 nitrogen and oxygen atoms in total. The number of sulfonamides is 1. The first kappa shape index (κ1) is 33.1. The SMILES string of the molecule is Cc1ccc(S(=O)(=O)N2CCC[C@H]2C(=O)N[C@@H](CCC(=O)N2CCC(CNc3nccc(C(F)(F)F)n3)CC2)C(=O)O)cc1. The third-order valence-corrected chi connectivity index (χ3v) is 9.78. The smallest absolute Gasteiger partial charge is 0.433 e. The highest BCUT2D eigenvalue weighted by Gasteiger charge is 2.40. The summed E-state index contributed by atoms with van der Waals surface area (Å²) in [4.78, 5) is 46.8. The Kier molecular flexibility index (Phi) is 10.4. The molecule has 0 unspecified atom stereocenters. The average Bonchev–Trinajstić information content (AvgIpc) is 3.49. The Morgan fingerprint density at radius 1 is 1.07 bits per heavy atom. The number of hydrogen-bond acceptors (Lipinski definition) is 8. The van der Waals surface area contributed by atoms with E-state index in [9.17, 15) is 41.1 Å². The van der Waals surface area contributed by atoms with Gasteiger partial charge in [0, 0.05) is 38.8 Å². The first-order valence-corrected chi connectivity index (χ1v) is 15.7. The highest BCUT2D eigenvalue weighted by molar-refractivity contribution is 7.89. The maximum atomic E-state index is 13.2. The summed E-state index contributed by atoms with van der Waals surface area (Å²) < 4.78 is 66.1. The standard InChI is InChI=1S/C28H35F3N6O6S/c1-18-4-6-20(7-5-18)44(42,43)37-14-2-3-22(37)25(39)34-21(26(40)41)8-9-24(38)36-15-11-19(12-16-36)17-33-27-32-13-10-23(35-27)28(29,30)31/h4-7,10,13,19,21-22H,2-3,8-9,11-12,14-17H2,1H3,(H,34,39)(H,40,41)(H,32,33,35)/t21-,22-/m0/s1. The lowest BCUT2D eigenvalue weighted by Gasteiger charge is -2.32. The fourth-order valence-corrected chi connectivity index (χ4v) is 6.97. The molecular formula is C28H35F3N6O6S. The molecule has 3 N–H and O–H groups in total. The lowest BCUT2D eigenvalue weighted by Crippen LogP contribution is -2.51. The number of piperidine rings is 1. The van der Waals surface area contributed by atoms with Gasteiger partial charge in [0.25, 0.3) is 0 Å². The van der Waals surface area contributed by atoms with Gasteiger partial charge in [-0.1, -0.05) is 17.7 Å². The maximum absolute atomic E-state index is 13.2. The molecule has 4 rings (SSSR count). The lowest BCUT2D eigenvalue weighted by molar-refractivity contribution is -0.143. The van der Waals surface area contributed by atoms with Crippen LogP contribution in [0.1, 0.15) is 49.8 Å². The molecule has 2 fully saturated rings. The molecule has 2 saturated heterocycles. The van der Waals surface area contributed by atoms with E-state index in [4.69, 9.17) is 0 Å². The third kappa shape index (κ3) is 8.22. The van der Waals surface area contributed by atoms with Gasteiger partial charge >= 0.3 is 12.1 Å². The molecule has 1 aromatic heterocycles. The van der Waals surface area contributed by atoms with Crippen molar-refractivity contribution in [3.05, 3.63) is 47.8 Å². The first-order chi connectivity index (χ1) is 20.8. The Bertz CT molecular complexity index is 1450. The number of aromatic nitrogens is 2. The zero-order valence-corrected chi connectivity index (χ0v) is 24.9. The summed E-state index contributed by atoms with van der Waals surface area (Å²) in [5, 5.41) is 15.0. The highest BCUT2D eigenvalue weighted by atomic mass is 32.2. The van der Waals surface area contributed by atoms with Gasteiger partial charge in [-0.05, 0) is 63.1 Å². The fraction of sp³-hybridized carbons (Fsp3) is 0.536. The van der Waals surface area contributed by atoms with Gasteiger partial charge in [-0.3, -0.25) is 9.59 Å². The number of nitrogens with zero attached hydrogens (tertiary/aromatic N) is 4. The molecule has 2 amide bonds. The molecule has 2 atom stereocenters. The Morgan fingerprint density at radius 3 is 2.39 bits per heavy atom. The van der Waals surface area contributed by atoms with Crippen molar-refractivity contribution in [2.75, 3.05) is 31.5 Å². The maximum Gasteiger partial charge on any atom is 0.433 e. The number of hydrogen-bond donors (Lipinski definition) is 3. The van der Waals surface area contributed by atoms with Crippen molar-refractivity contribution >= 4 is 33.8 Å². The van der Waals surface area contributed by atoms with E-state index in [1.165, 1.54) is 12.1 Å². The summed E-state index contributed by atoms with van der Waals surface area (Å²) in [6, 6.07) is 4.59. The van der Waals surface area contributed by atoms with Gasteiger partial charge < -0.3 is 20.6 Å². The van der Waals surface area contributed by atoms with Crippen molar-refractivity contribution in [3.8, 4) is 0 Å². The number of benzene rings is 1. The second-order valence-corrected chi connectivity index (χ2v) is 12.9. The number of likely N-dealkylation sites (tertiary alicyclic amines) is 1. The normalized spacial score (nSPS) is 19.0. The van der Waals surface area contributed by atoms with E-state index in [-0.39, 0.29) is 48.5 Å². The Labute approximate surface area is 253 Å². The fourth-order valence-electron chi connectivity index (χ4n) is 5.31. The van der Waals surface area contributed by atoms with Gasteiger partial charge in [0.2, 0.25) is 27.8 Å². The van der Waals surface area contributed by atoms with Crippen LogP contribution in [0.5, 0.6) is 0 Å². The predicted molar refractivity (Wildman–Crippen MR) is 152 cm³/mol. The summed E-state index contributed by atoms with van der Waals surface area (Å²) in [5.41, 5.74) is -0.164. The molecule has 0 spiro atoms. The molecule has 44 heavy (non-hydrogen) atoms. The summed E-state index contributed by atoms with van der Waals surface area (Å²) in [7, 11) is -3.97. The number of carbonyl (C=O) groups is 3. The zero-order valence-electron chi connectivity index (χ0n) is 24.1. The molecule has 0 bridgehead atoms. The average molecular weight is 641 g/mol. The monoisotopic (exact) mass is 640 g/mol. The van der Waals surface area contributed by atoms with Crippen molar-refractivity contribution in [1.82, 2.24) is 24.5 Å². The molecule has 2 aliphatic heterocycles. The zero-order chi connectivity index (χ0) is 32.1. The second-order valence-electron chi connectivity index (χ2n) is 11.0. The van der Waals surface area contributed by atoms with Crippen molar-refractivity contribution in [3.63, 3.8) is 0 Å². The van der Waals surface area contributed by atoms with Crippen LogP contribution in [0.4, 0.5) is 19.1 Å². The van der Waals surface area contributed by atoms with E-state index in [2.05, 4.69) is 20.6 Å². The third-order valence-electron chi connectivity index (χ3n) is 7.86. The van der Waals surface area contributed by atoms with Crippen LogP contribution >= 0.6 is 0 Å². The largest absolute Gasteiger partial charge is 0.480 e. The van der Waals surface area contributed by atoms with E-state index in [0.717, 1.165) is 22.1 Å². The Balaban J connectivity index is 1.25. The van der Waals surface area contributed by atoms with Gasteiger partial charge in [-0.2, -0.15) is 17.5 Å². The molecule has 3 heterocycles. The molecule has 2 aliphatic rings. The second kappa shape index (κ2) is 13.9. The predicted octanol–water partition coefficient (Wildman–Crippen LogP) is 2.66. The van der Waals surface area contributed by atoms with Gasteiger partial charge in [0.1, 0.15) is 17.8 Å². The molecule has 0 aliphatic carbocycles. The Morgan fingerprint density at radius 2 is 1.75 bits per heavy atom. The number of carbonyl (C=O) groups excluding carboxylic acids is 2. The van der Waals surface area contributed by atoms with Crippen molar-refractivity contribution < 1.29 is 41.1 Å². The van der Waals surface area contributed by atoms with Gasteiger partial charge in [-0.15, -0.1) is 0 Å². The Hall–Kier alpha value is -3.79. The number of aryl methyl sites for hydroxylation is 1. The van der Waals surface area contributed by atoms with Crippen molar-refractivity contribution in [2.45, 2.75) is 68.6 Å². The van der Waals surface area contributed by atoms with Crippen LogP contribution in [0, 0.1) is 12.8 Å². The first-order valence-electron chi connectivity index (χ1n) is 14.3. The molecule has 2 aromatic rings. The molecule has 0 radical (unpaired) electrons. The number of halogens is 3. The summed E-state index contributed by atoms with van der Waals surface area (Å²) in [5.74, 6) is -2.42. The van der Waals surface area contributed by atoms with Crippen LogP contribution in [0.25, 0.3) is 0 Å². The number of nitrogens with one attached hydrogen (secondary N) is 2. The number of carboxylic acid groups (broad SMARTS) is 1. The van der Waals surface area contributed by atoms with Crippen LogP contribution in [0.2, 0.25) is 0 Å². The number of amides is 2. The van der Waals surface area contributed by atoms with Crippen molar-refractivity contribution in [2.24, 2.45) is 5.92 Å². The van der Waals surface area contributed by atoms with E-state index < -0.39 is 45.9 Å². The summed E-state index contributed by atoms with van der Waals surface area (Å²) >= 11 is 0. The van der Waals surface area contributed by atoms with Gasteiger partial charge in [0.15, 0.2) is 0 Å². The number of carboxylic acids is 1. The minimum Gasteiger partial charge on any atom is -0.480 e. The van der Waals surface area contributed by atoms with E-state index in [0.29, 0.717) is 38.9 Å². The van der Waals surface area contributed by atoms with Crippen LogP contribution in [-0.2, 0) is 30.6 Å². The number of alkyl halides is 3. The summed E-state index contributed by atoms with van der Waals surface area (Å²) in [6.07, 6.45) is -2.03. The minimum atomic E-state index is -4.58. The number of anilines is 1. The van der Waals surface area contributed by atoms with Gasteiger partial charge in [0.05, 0.1) is 4.90 Å². The van der Waals surface area contributed by atoms with E-state index >= 15 is 0 Å². The van der Waals surface area contributed by atoms with Gasteiger partial charge in [-0.25, -0.2) is 23.2 Å². The van der Waals surface area contributed by atoms with Crippen LogP contribution < -0.4 is 10.6 Å². The molecular weight excluding hydrogens is 605 g/mol. The highest BCUT2D eigenvalue weighted by Crippen LogP contribution is 2.28. The lowest BCUT2D eigenvalue weighted by atomic mass is 9.96.